The lowest BCUT2D eigenvalue weighted by molar-refractivity contribution is -0.118. The second-order valence-electron chi connectivity index (χ2n) is 5.61. The van der Waals surface area contributed by atoms with E-state index in [1.807, 2.05) is 0 Å². The molecule has 136 valence electrons. The number of benzene rings is 1. The predicted octanol–water partition coefficient (Wildman–Crippen LogP) is 3.35. The minimum atomic E-state index is -3.77. The van der Waals surface area contributed by atoms with Gasteiger partial charge in [-0.2, -0.15) is 4.72 Å². The minimum Gasteiger partial charge on any atom is -0.495 e. The Hall–Kier alpha value is -1.61. The molecule has 0 aliphatic heterocycles. The topological polar surface area (TPSA) is 84.5 Å². The normalized spacial score (nSPS) is 12.8. The van der Waals surface area contributed by atoms with E-state index in [4.69, 9.17) is 16.3 Å². The zero-order chi connectivity index (χ0) is 18.6. The van der Waals surface area contributed by atoms with E-state index >= 15 is 0 Å². The van der Waals surface area contributed by atoms with E-state index in [0.29, 0.717) is 16.5 Å². The predicted molar refractivity (Wildman–Crippen MR) is 99.9 cm³/mol. The first kappa shape index (κ1) is 19.7. The van der Waals surface area contributed by atoms with E-state index in [0.717, 1.165) is 11.3 Å². The van der Waals surface area contributed by atoms with Crippen molar-refractivity contribution in [1.29, 1.82) is 0 Å². The van der Waals surface area contributed by atoms with Crippen molar-refractivity contribution in [3.8, 4) is 5.75 Å². The number of rotatable bonds is 7. The van der Waals surface area contributed by atoms with Crippen LogP contribution in [0.5, 0.6) is 5.75 Å². The highest BCUT2D eigenvalue weighted by molar-refractivity contribution is 7.91. The minimum absolute atomic E-state index is 0.159. The number of amides is 1. The van der Waals surface area contributed by atoms with Gasteiger partial charge in [0, 0.05) is 5.02 Å². The molecule has 1 aromatic heterocycles. The van der Waals surface area contributed by atoms with Crippen LogP contribution in [-0.2, 0) is 14.8 Å². The van der Waals surface area contributed by atoms with Crippen molar-refractivity contribution in [2.45, 2.75) is 24.1 Å². The second kappa shape index (κ2) is 8.18. The highest BCUT2D eigenvalue weighted by Gasteiger charge is 2.29. The van der Waals surface area contributed by atoms with Crippen molar-refractivity contribution in [2.24, 2.45) is 5.92 Å². The molecule has 6 nitrogen and oxygen atoms in total. The van der Waals surface area contributed by atoms with E-state index in [-0.39, 0.29) is 10.1 Å². The fourth-order valence-corrected chi connectivity index (χ4v) is 4.65. The fraction of sp³-hybridized carbons (Fsp3) is 0.312. The van der Waals surface area contributed by atoms with Crippen molar-refractivity contribution in [2.75, 3.05) is 12.4 Å². The quantitative estimate of drug-likeness (QED) is 0.743. The molecule has 0 bridgehead atoms. The Morgan fingerprint density at radius 1 is 1.28 bits per heavy atom. The van der Waals surface area contributed by atoms with Crippen molar-refractivity contribution >= 4 is 44.6 Å². The van der Waals surface area contributed by atoms with Crippen LogP contribution in [0.2, 0.25) is 5.02 Å². The van der Waals surface area contributed by atoms with Crippen LogP contribution in [0.3, 0.4) is 0 Å². The van der Waals surface area contributed by atoms with E-state index in [2.05, 4.69) is 10.0 Å². The summed E-state index contributed by atoms with van der Waals surface area (Å²) in [4.78, 5) is 12.6. The Labute approximate surface area is 156 Å². The van der Waals surface area contributed by atoms with Crippen LogP contribution in [0.1, 0.15) is 13.8 Å². The molecule has 1 amide bonds. The standard InChI is InChI=1S/C16H19ClN2O4S2/c1-10(2)15(19-25(21,22)14-5-4-8-24-14)16(20)18-12-9-11(17)6-7-13(12)23-3/h4-10,15,19H,1-3H3,(H,18,20). The van der Waals surface area contributed by atoms with Gasteiger partial charge in [-0.15, -0.1) is 11.3 Å². The molecule has 2 rings (SSSR count). The van der Waals surface area contributed by atoms with E-state index in [1.54, 1.807) is 43.5 Å². The number of methoxy groups -OCH3 is 1. The Morgan fingerprint density at radius 3 is 2.56 bits per heavy atom. The summed E-state index contributed by atoms with van der Waals surface area (Å²) in [5, 5.41) is 4.77. The highest BCUT2D eigenvalue weighted by atomic mass is 35.5. The molecule has 1 unspecified atom stereocenters. The molecule has 0 radical (unpaired) electrons. The number of nitrogens with one attached hydrogen (secondary N) is 2. The largest absolute Gasteiger partial charge is 0.495 e. The number of sulfonamides is 1. The zero-order valence-corrected chi connectivity index (χ0v) is 16.3. The smallest absolute Gasteiger partial charge is 0.250 e. The van der Waals surface area contributed by atoms with Crippen molar-refractivity contribution < 1.29 is 17.9 Å². The van der Waals surface area contributed by atoms with Gasteiger partial charge in [-0.1, -0.05) is 31.5 Å². The molecule has 2 N–H and O–H groups in total. The SMILES string of the molecule is COc1ccc(Cl)cc1NC(=O)C(NS(=O)(=O)c1cccs1)C(C)C. The van der Waals surface area contributed by atoms with E-state index in [9.17, 15) is 13.2 Å². The molecule has 2 aromatic rings. The van der Waals surface area contributed by atoms with Crippen LogP contribution in [0.4, 0.5) is 5.69 Å². The van der Waals surface area contributed by atoms with Gasteiger partial charge in [-0.3, -0.25) is 4.79 Å². The molecular weight excluding hydrogens is 384 g/mol. The monoisotopic (exact) mass is 402 g/mol. The van der Waals surface area contributed by atoms with Gasteiger partial charge in [0.15, 0.2) is 0 Å². The summed E-state index contributed by atoms with van der Waals surface area (Å²) in [5.41, 5.74) is 0.376. The summed E-state index contributed by atoms with van der Waals surface area (Å²) >= 11 is 7.04. The Balaban J connectivity index is 2.23. The summed E-state index contributed by atoms with van der Waals surface area (Å²) in [6.07, 6.45) is 0. The number of hydrogen-bond acceptors (Lipinski definition) is 5. The van der Waals surface area contributed by atoms with Gasteiger partial charge in [-0.25, -0.2) is 8.42 Å². The maximum atomic E-state index is 12.6. The number of hydrogen-bond donors (Lipinski definition) is 2. The van der Waals surface area contributed by atoms with Crippen LogP contribution in [0.25, 0.3) is 0 Å². The van der Waals surface area contributed by atoms with Crippen molar-refractivity contribution in [1.82, 2.24) is 4.72 Å². The molecule has 0 fully saturated rings. The number of carbonyl (C=O) groups excluding carboxylic acids is 1. The first-order valence-corrected chi connectivity index (χ1v) is 10.2. The lowest BCUT2D eigenvalue weighted by Crippen LogP contribution is -2.46. The van der Waals surface area contributed by atoms with Gasteiger partial charge in [0.05, 0.1) is 12.8 Å². The fourth-order valence-electron chi connectivity index (χ4n) is 2.12. The summed E-state index contributed by atoms with van der Waals surface area (Å²) in [6.45, 7) is 3.52. The van der Waals surface area contributed by atoms with E-state index in [1.165, 1.54) is 13.2 Å². The second-order valence-corrected chi connectivity index (χ2v) is 8.93. The first-order valence-electron chi connectivity index (χ1n) is 7.45. The summed E-state index contributed by atoms with van der Waals surface area (Å²) in [5.74, 6) is -0.322. The van der Waals surface area contributed by atoms with E-state index < -0.39 is 22.0 Å². The number of ether oxygens (including phenoxy) is 1. The molecule has 0 spiro atoms. The Kier molecular flexibility index (Phi) is 6.45. The van der Waals surface area contributed by atoms with Gasteiger partial charge >= 0.3 is 0 Å². The van der Waals surface area contributed by atoms with Crippen LogP contribution in [0, 0.1) is 5.92 Å². The molecule has 1 atom stereocenters. The van der Waals surface area contributed by atoms with Crippen LogP contribution >= 0.6 is 22.9 Å². The summed E-state index contributed by atoms with van der Waals surface area (Å²) in [7, 11) is -2.30. The molecular formula is C16H19ClN2O4S2. The molecule has 0 saturated carbocycles. The average molecular weight is 403 g/mol. The molecule has 0 aliphatic carbocycles. The number of halogens is 1. The van der Waals surface area contributed by atoms with Crippen LogP contribution < -0.4 is 14.8 Å². The molecule has 0 saturated heterocycles. The average Bonchev–Trinajstić information content (AvgIpc) is 3.08. The van der Waals surface area contributed by atoms with Gasteiger partial charge < -0.3 is 10.1 Å². The van der Waals surface area contributed by atoms with Crippen LogP contribution in [-0.4, -0.2) is 27.5 Å². The maximum absolute atomic E-state index is 12.6. The number of carbonyl (C=O) groups is 1. The van der Waals surface area contributed by atoms with Crippen molar-refractivity contribution in [3.05, 3.63) is 40.7 Å². The van der Waals surface area contributed by atoms with Gasteiger partial charge in [0.25, 0.3) is 10.0 Å². The summed E-state index contributed by atoms with van der Waals surface area (Å²) < 4.78 is 32.6. The van der Waals surface area contributed by atoms with Gasteiger partial charge in [0.1, 0.15) is 16.0 Å². The lowest BCUT2D eigenvalue weighted by Gasteiger charge is -2.22. The first-order chi connectivity index (χ1) is 11.7. The molecule has 9 heteroatoms. The molecule has 1 aromatic carbocycles. The van der Waals surface area contributed by atoms with Crippen molar-refractivity contribution in [3.63, 3.8) is 0 Å². The number of thiophene rings is 1. The summed E-state index contributed by atoms with van der Waals surface area (Å²) in [6, 6.07) is 6.98. The zero-order valence-electron chi connectivity index (χ0n) is 13.9. The third-order valence-corrected chi connectivity index (χ3v) is 6.48. The third kappa shape index (κ3) is 4.94. The molecule has 1 heterocycles. The molecule has 0 aliphatic rings. The number of anilines is 1. The van der Waals surface area contributed by atoms with Crippen LogP contribution in [0.15, 0.2) is 39.9 Å². The van der Waals surface area contributed by atoms with Gasteiger partial charge in [0.2, 0.25) is 5.91 Å². The van der Waals surface area contributed by atoms with Gasteiger partial charge in [-0.05, 0) is 35.6 Å². The molecule has 25 heavy (non-hydrogen) atoms. The maximum Gasteiger partial charge on any atom is 0.250 e. The lowest BCUT2D eigenvalue weighted by atomic mass is 10.0. The third-order valence-electron chi connectivity index (χ3n) is 3.41. The Morgan fingerprint density at radius 2 is 2.00 bits per heavy atom. The Bertz CT molecular complexity index is 836. The highest BCUT2D eigenvalue weighted by Crippen LogP contribution is 2.28.